The van der Waals surface area contributed by atoms with Crippen molar-refractivity contribution in [3.05, 3.63) is 58.5 Å². The summed E-state index contributed by atoms with van der Waals surface area (Å²) in [6.45, 7) is 4.57. The number of halogens is 1. The minimum absolute atomic E-state index is 0.439. The lowest BCUT2D eigenvalue weighted by Crippen LogP contribution is -2.46. The summed E-state index contributed by atoms with van der Waals surface area (Å²) in [6, 6.07) is 12.8. The summed E-state index contributed by atoms with van der Waals surface area (Å²) in [5.41, 5.74) is 8.28. The topological polar surface area (TPSA) is 49.7 Å². The first-order chi connectivity index (χ1) is 13.2. The number of likely N-dealkylation sites (tertiary alicyclic amines) is 1. The first kappa shape index (κ1) is 19.0. The van der Waals surface area contributed by atoms with E-state index in [0.717, 1.165) is 42.7 Å². The van der Waals surface area contributed by atoms with Gasteiger partial charge in [-0.05, 0) is 55.1 Å². The van der Waals surface area contributed by atoms with Crippen LogP contribution in [0.5, 0.6) is 0 Å². The molecule has 3 atom stereocenters. The fourth-order valence-electron chi connectivity index (χ4n) is 4.47. The highest BCUT2D eigenvalue weighted by atomic mass is 35.5. The Hall–Kier alpha value is -1.37. The number of nitrogens with zero attached hydrogens (tertiary/aromatic N) is 1. The molecule has 1 aromatic heterocycles. The number of methoxy groups -OCH3 is 1. The van der Waals surface area contributed by atoms with Gasteiger partial charge >= 0.3 is 0 Å². The molecule has 146 valence electrons. The van der Waals surface area contributed by atoms with Gasteiger partial charge in [-0.15, -0.1) is 0 Å². The maximum Gasteiger partial charge on any atom is 0.129 e. The molecule has 0 bridgehead atoms. The van der Waals surface area contributed by atoms with Crippen molar-refractivity contribution < 1.29 is 9.15 Å². The summed E-state index contributed by atoms with van der Waals surface area (Å²) < 4.78 is 11.0. The van der Waals surface area contributed by atoms with E-state index in [0.29, 0.717) is 24.5 Å². The van der Waals surface area contributed by atoms with Gasteiger partial charge in [0.25, 0.3) is 0 Å². The lowest BCUT2D eigenvalue weighted by atomic mass is 9.81. The van der Waals surface area contributed by atoms with Crippen molar-refractivity contribution in [3.8, 4) is 0 Å². The molecule has 0 aliphatic carbocycles. The Morgan fingerprint density at radius 2 is 2.00 bits per heavy atom. The van der Waals surface area contributed by atoms with E-state index in [1.807, 2.05) is 18.2 Å². The first-order valence-electron chi connectivity index (χ1n) is 9.75. The van der Waals surface area contributed by atoms with Gasteiger partial charge in [0.1, 0.15) is 18.1 Å². The van der Waals surface area contributed by atoms with Crippen molar-refractivity contribution in [3.63, 3.8) is 0 Å². The zero-order chi connectivity index (χ0) is 18.6. The molecule has 4 rings (SSSR count). The minimum atomic E-state index is 0.439. The van der Waals surface area contributed by atoms with Crippen LogP contribution in [0.2, 0.25) is 5.02 Å². The molecule has 0 radical (unpaired) electrons. The summed E-state index contributed by atoms with van der Waals surface area (Å²) in [5, 5.41) is 0.796. The Bertz CT molecular complexity index is 733. The van der Waals surface area contributed by atoms with Crippen LogP contribution in [0.4, 0.5) is 0 Å². The Labute approximate surface area is 166 Å². The van der Waals surface area contributed by atoms with Gasteiger partial charge in [0.15, 0.2) is 0 Å². The molecule has 0 spiro atoms. The Kier molecular flexibility index (Phi) is 6.15. The molecule has 2 aliphatic rings. The minimum Gasteiger partial charge on any atom is -0.462 e. The van der Waals surface area contributed by atoms with Gasteiger partial charge in [0.05, 0.1) is 6.54 Å². The number of hydrogen-bond acceptors (Lipinski definition) is 5. The Morgan fingerprint density at radius 3 is 2.81 bits per heavy atom. The Balaban J connectivity index is 1.40. The third-order valence-electron chi connectivity index (χ3n) is 5.76. The van der Waals surface area contributed by atoms with Crippen LogP contribution in [0.25, 0.3) is 0 Å². The van der Waals surface area contributed by atoms with Gasteiger partial charge in [-0.25, -0.2) is 0 Å². The van der Waals surface area contributed by atoms with Crippen molar-refractivity contribution in [1.82, 2.24) is 15.8 Å². The predicted molar refractivity (Wildman–Crippen MR) is 107 cm³/mol. The smallest absolute Gasteiger partial charge is 0.129 e. The molecule has 0 saturated carbocycles. The summed E-state index contributed by atoms with van der Waals surface area (Å²) in [6.07, 6.45) is 2.48. The van der Waals surface area contributed by atoms with E-state index in [4.69, 9.17) is 20.8 Å². The van der Waals surface area contributed by atoms with Gasteiger partial charge in [0.2, 0.25) is 0 Å². The second-order valence-corrected chi connectivity index (χ2v) is 8.08. The first-order valence-corrected chi connectivity index (χ1v) is 10.1. The lowest BCUT2D eigenvalue weighted by molar-refractivity contribution is 0.126. The van der Waals surface area contributed by atoms with Crippen LogP contribution in [-0.4, -0.2) is 37.7 Å². The maximum absolute atomic E-state index is 6.07. The van der Waals surface area contributed by atoms with Gasteiger partial charge in [0, 0.05) is 37.2 Å². The standard InChI is InChI=1S/C21H28ClN3O2/c1-26-14-19-9-8-18(27-19)13-25-10-2-3-16(12-25)21-20(11-23-24-21)15-4-6-17(22)7-5-15/h4-9,16,20-21,23-24H,2-3,10-14H2,1H3. The lowest BCUT2D eigenvalue weighted by Gasteiger charge is -2.37. The number of piperidine rings is 1. The van der Waals surface area contributed by atoms with Gasteiger partial charge in [-0.1, -0.05) is 23.7 Å². The second-order valence-electron chi connectivity index (χ2n) is 7.65. The molecular formula is C21H28ClN3O2. The number of rotatable bonds is 6. The molecule has 27 heavy (non-hydrogen) atoms. The zero-order valence-electron chi connectivity index (χ0n) is 15.8. The van der Waals surface area contributed by atoms with Crippen molar-refractivity contribution >= 4 is 11.6 Å². The molecule has 5 nitrogen and oxygen atoms in total. The van der Waals surface area contributed by atoms with Crippen LogP contribution in [0, 0.1) is 5.92 Å². The van der Waals surface area contributed by atoms with Gasteiger partial charge in [-0.3, -0.25) is 15.8 Å². The summed E-state index contributed by atoms with van der Waals surface area (Å²) in [5.74, 6) is 3.01. The third kappa shape index (κ3) is 4.55. The summed E-state index contributed by atoms with van der Waals surface area (Å²) >= 11 is 6.07. The molecule has 2 aliphatic heterocycles. The third-order valence-corrected chi connectivity index (χ3v) is 6.01. The number of hydrazine groups is 1. The SMILES string of the molecule is COCc1ccc(CN2CCCC(C3NNCC3c3ccc(Cl)cc3)C2)o1. The van der Waals surface area contributed by atoms with Crippen LogP contribution >= 0.6 is 11.6 Å². The van der Waals surface area contributed by atoms with Crippen LogP contribution < -0.4 is 10.9 Å². The van der Waals surface area contributed by atoms with Gasteiger partial charge in [-0.2, -0.15) is 0 Å². The number of hydrogen-bond donors (Lipinski definition) is 2. The molecule has 2 fully saturated rings. The largest absolute Gasteiger partial charge is 0.462 e. The average molecular weight is 390 g/mol. The fourth-order valence-corrected chi connectivity index (χ4v) is 4.60. The number of nitrogens with one attached hydrogen (secondary N) is 2. The van der Waals surface area contributed by atoms with E-state index in [1.165, 1.54) is 18.4 Å². The van der Waals surface area contributed by atoms with E-state index in [1.54, 1.807) is 7.11 Å². The van der Waals surface area contributed by atoms with Crippen LogP contribution in [0.1, 0.15) is 35.8 Å². The molecule has 2 N–H and O–H groups in total. The molecule has 0 amide bonds. The van der Waals surface area contributed by atoms with E-state index in [9.17, 15) is 0 Å². The van der Waals surface area contributed by atoms with Crippen molar-refractivity contribution in [1.29, 1.82) is 0 Å². The van der Waals surface area contributed by atoms with Crippen molar-refractivity contribution in [2.45, 2.75) is 38.0 Å². The molecule has 2 saturated heterocycles. The number of furan rings is 1. The molecular weight excluding hydrogens is 362 g/mol. The van der Waals surface area contributed by atoms with Crippen molar-refractivity contribution in [2.24, 2.45) is 5.92 Å². The fraction of sp³-hybridized carbons (Fsp3) is 0.524. The van der Waals surface area contributed by atoms with Gasteiger partial charge < -0.3 is 9.15 Å². The quantitative estimate of drug-likeness (QED) is 0.791. The maximum atomic E-state index is 6.07. The van der Waals surface area contributed by atoms with Crippen LogP contribution in [-0.2, 0) is 17.9 Å². The normalized spacial score (nSPS) is 26.5. The highest BCUT2D eigenvalue weighted by Gasteiger charge is 2.36. The van der Waals surface area contributed by atoms with E-state index < -0.39 is 0 Å². The molecule has 2 aromatic rings. The number of benzene rings is 1. The van der Waals surface area contributed by atoms with Crippen LogP contribution in [0.3, 0.4) is 0 Å². The average Bonchev–Trinajstić information content (AvgIpc) is 3.33. The predicted octanol–water partition coefficient (Wildman–Crippen LogP) is 3.55. The highest BCUT2D eigenvalue weighted by molar-refractivity contribution is 6.30. The molecule has 6 heteroatoms. The molecule has 3 unspecified atom stereocenters. The molecule has 1 aromatic carbocycles. The zero-order valence-corrected chi connectivity index (χ0v) is 16.5. The highest BCUT2D eigenvalue weighted by Crippen LogP contribution is 2.32. The number of ether oxygens (including phenoxy) is 1. The van der Waals surface area contributed by atoms with E-state index in [2.05, 4.69) is 34.0 Å². The summed E-state index contributed by atoms with van der Waals surface area (Å²) in [4.78, 5) is 2.52. The monoisotopic (exact) mass is 389 g/mol. The van der Waals surface area contributed by atoms with E-state index in [-0.39, 0.29) is 0 Å². The Morgan fingerprint density at radius 1 is 1.19 bits per heavy atom. The second kappa shape index (κ2) is 8.76. The van der Waals surface area contributed by atoms with Crippen LogP contribution in [0.15, 0.2) is 40.8 Å². The van der Waals surface area contributed by atoms with Crippen molar-refractivity contribution in [2.75, 3.05) is 26.7 Å². The summed E-state index contributed by atoms with van der Waals surface area (Å²) in [7, 11) is 1.69. The molecule has 3 heterocycles. The van der Waals surface area contributed by atoms with E-state index >= 15 is 0 Å².